The fourth-order valence-electron chi connectivity index (χ4n) is 1.55. The maximum absolute atomic E-state index is 11.6. The first-order chi connectivity index (χ1) is 8.54. The number of nitrogens with two attached hydrogens (primary N) is 1. The number of carbonyl (C=O) groups excluding carboxylic acids is 2. The van der Waals surface area contributed by atoms with Crippen molar-refractivity contribution < 1.29 is 9.59 Å². The summed E-state index contributed by atoms with van der Waals surface area (Å²) in [5.74, 6) is -0.678. The third-order valence-electron chi connectivity index (χ3n) is 2.52. The quantitative estimate of drug-likeness (QED) is 0.779. The van der Waals surface area contributed by atoms with Gasteiger partial charge in [0.1, 0.15) is 0 Å². The zero-order valence-electron chi connectivity index (χ0n) is 10.3. The molecule has 0 fully saturated rings. The van der Waals surface area contributed by atoms with E-state index in [4.69, 9.17) is 17.3 Å². The number of amides is 2. The van der Waals surface area contributed by atoms with Gasteiger partial charge in [-0.15, -0.1) is 0 Å². The van der Waals surface area contributed by atoms with Gasteiger partial charge in [0.15, 0.2) is 0 Å². The third kappa shape index (κ3) is 4.37. The molecule has 0 radical (unpaired) electrons. The lowest BCUT2D eigenvalue weighted by atomic mass is 10.1. The van der Waals surface area contributed by atoms with Crippen LogP contribution in [0.4, 0.5) is 5.69 Å². The van der Waals surface area contributed by atoms with E-state index in [-0.39, 0.29) is 16.5 Å². The molecule has 0 aliphatic rings. The molecule has 5 heteroatoms. The highest BCUT2D eigenvalue weighted by Gasteiger charge is 2.09. The van der Waals surface area contributed by atoms with Gasteiger partial charge in [-0.05, 0) is 24.6 Å². The monoisotopic (exact) mass is 268 g/mol. The number of anilines is 1. The number of hydrogen-bond donors (Lipinski definition) is 2. The van der Waals surface area contributed by atoms with Crippen molar-refractivity contribution in [3.63, 3.8) is 0 Å². The number of rotatable bonds is 6. The van der Waals surface area contributed by atoms with Crippen molar-refractivity contribution in [1.29, 1.82) is 0 Å². The van der Waals surface area contributed by atoms with Crippen LogP contribution >= 0.6 is 11.6 Å². The van der Waals surface area contributed by atoms with Gasteiger partial charge in [-0.2, -0.15) is 0 Å². The normalized spacial score (nSPS) is 10.1. The van der Waals surface area contributed by atoms with E-state index in [2.05, 4.69) is 12.2 Å². The molecule has 3 N–H and O–H groups in total. The second-order valence-corrected chi connectivity index (χ2v) is 4.47. The molecule has 0 saturated heterocycles. The molecular weight excluding hydrogens is 252 g/mol. The van der Waals surface area contributed by atoms with Crippen molar-refractivity contribution in [3.8, 4) is 0 Å². The second kappa shape index (κ2) is 7.01. The van der Waals surface area contributed by atoms with Crippen LogP contribution in [-0.2, 0) is 4.79 Å². The summed E-state index contributed by atoms with van der Waals surface area (Å²) in [7, 11) is 0. The summed E-state index contributed by atoms with van der Waals surface area (Å²) in [6.45, 7) is 2.08. The average Bonchev–Trinajstić information content (AvgIpc) is 2.31. The summed E-state index contributed by atoms with van der Waals surface area (Å²) < 4.78 is 0. The van der Waals surface area contributed by atoms with Gasteiger partial charge < -0.3 is 11.1 Å². The van der Waals surface area contributed by atoms with Gasteiger partial charge in [-0.25, -0.2) is 0 Å². The Morgan fingerprint density at radius 2 is 2.06 bits per heavy atom. The fourth-order valence-corrected chi connectivity index (χ4v) is 1.76. The van der Waals surface area contributed by atoms with Gasteiger partial charge in [0.25, 0.3) is 0 Å². The lowest BCUT2D eigenvalue weighted by Gasteiger charge is -2.07. The highest BCUT2D eigenvalue weighted by atomic mass is 35.5. The van der Waals surface area contributed by atoms with Crippen LogP contribution in [0.25, 0.3) is 0 Å². The van der Waals surface area contributed by atoms with Crippen LogP contribution in [0, 0.1) is 0 Å². The second-order valence-electron chi connectivity index (χ2n) is 4.06. The van der Waals surface area contributed by atoms with Crippen molar-refractivity contribution in [2.75, 3.05) is 5.32 Å². The molecule has 0 aliphatic heterocycles. The molecule has 18 heavy (non-hydrogen) atoms. The van der Waals surface area contributed by atoms with E-state index in [1.807, 2.05) is 0 Å². The number of unbranched alkanes of at least 4 members (excludes halogenated alkanes) is 2. The highest BCUT2D eigenvalue weighted by Crippen LogP contribution is 2.20. The van der Waals surface area contributed by atoms with Gasteiger partial charge in [0.05, 0.1) is 10.6 Å². The molecule has 0 aromatic heterocycles. The van der Waals surface area contributed by atoms with Gasteiger partial charge >= 0.3 is 0 Å². The Kier molecular flexibility index (Phi) is 5.65. The fraction of sp³-hybridized carbons (Fsp3) is 0.385. The molecule has 0 spiro atoms. The maximum Gasteiger partial charge on any atom is 0.250 e. The Balaban J connectivity index is 2.65. The molecule has 0 saturated carbocycles. The molecular formula is C13H17ClN2O2. The minimum Gasteiger partial charge on any atom is -0.366 e. The first kappa shape index (κ1) is 14.5. The van der Waals surface area contributed by atoms with E-state index < -0.39 is 5.91 Å². The van der Waals surface area contributed by atoms with Crippen LogP contribution in [0.5, 0.6) is 0 Å². The SMILES string of the molecule is CCCCCC(=O)Nc1ccc(Cl)c(C(N)=O)c1. The van der Waals surface area contributed by atoms with E-state index in [1.165, 1.54) is 6.07 Å². The van der Waals surface area contributed by atoms with Gasteiger partial charge in [0.2, 0.25) is 11.8 Å². The molecule has 1 aromatic carbocycles. The van der Waals surface area contributed by atoms with Crippen molar-refractivity contribution in [2.24, 2.45) is 5.73 Å². The topological polar surface area (TPSA) is 72.2 Å². The molecule has 2 amide bonds. The number of halogens is 1. The predicted molar refractivity (Wildman–Crippen MR) is 72.7 cm³/mol. The van der Waals surface area contributed by atoms with E-state index in [1.54, 1.807) is 12.1 Å². The Bertz CT molecular complexity index is 447. The van der Waals surface area contributed by atoms with Gasteiger partial charge in [-0.1, -0.05) is 31.4 Å². The summed E-state index contributed by atoms with van der Waals surface area (Å²) in [4.78, 5) is 22.7. The Hall–Kier alpha value is -1.55. The van der Waals surface area contributed by atoms with Crippen LogP contribution in [0.15, 0.2) is 18.2 Å². The molecule has 0 atom stereocenters. The molecule has 1 rings (SSSR count). The Morgan fingerprint density at radius 3 is 2.67 bits per heavy atom. The van der Waals surface area contributed by atoms with E-state index >= 15 is 0 Å². The first-order valence-corrected chi connectivity index (χ1v) is 6.31. The molecule has 4 nitrogen and oxygen atoms in total. The van der Waals surface area contributed by atoms with E-state index in [9.17, 15) is 9.59 Å². The minimum atomic E-state index is -0.609. The number of nitrogens with one attached hydrogen (secondary N) is 1. The van der Waals surface area contributed by atoms with Crippen LogP contribution < -0.4 is 11.1 Å². The molecule has 98 valence electrons. The predicted octanol–water partition coefficient (Wildman–Crippen LogP) is 2.96. The summed E-state index contributed by atoms with van der Waals surface area (Å²) in [5.41, 5.74) is 5.92. The Labute approximate surface area is 112 Å². The van der Waals surface area contributed by atoms with E-state index in [0.29, 0.717) is 12.1 Å². The summed E-state index contributed by atoms with van der Waals surface area (Å²) in [6.07, 6.45) is 3.43. The maximum atomic E-state index is 11.6. The molecule has 0 heterocycles. The van der Waals surface area contributed by atoms with E-state index in [0.717, 1.165) is 19.3 Å². The van der Waals surface area contributed by atoms with Crippen LogP contribution in [0.2, 0.25) is 5.02 Å². The van der Waals surface area contributed by atoms with Gasteiger partial charge in [0, 0.05) is 12.1 Å². The van der Waals surface area contributed by atoms with Crippen molar-refractivity contribution in [1.82, 2.24) is 0 Å². The summed E-state index contributed by atoms with van der Waals surface area (Å²) in [5, 5.41) is 3.00. The van der Waals surface area contributed by atoms with Crippen LogP contribution in [-0.4, -0.2) is 11.8 Å². The van der Waals surface area contributed by atoms with Crippen molar-refractivity contribution in [3.05, 3.63) is 28.8 Å². The summed E-state index contributed by atoms with van der Waals surface area (Å²) in [6, 6.07) is 4.68. The number of carbonyl (C=O) groups is 2. The highest BCUT2D eigenvalue weighted by molar-refractivity contribution is 6.33. The smallest absolute Gasteiger partial charge is 0.250 e. The zero-order valence-corrected chi connectivity index (χ0v) is 11.1. The Morgan fingerprint density at radius 1 is 1.33 bits per heavy atom. The van der Waals surface area contributed by atoms with Crippen LogP contribution in [0.3, 0.4) is 0 Å². The van der Waals surface area contributed by atoms with Gasteiger partial charge in [-0.3, -0.25) is 9.59 Å². The standard InChI is InChI=1S/C13H17ClN2O2/c1-2-3-4-5-12(17)16-9-6-7-11(14)10(8-9)13(15)18/h6-8H,2-5H2,1H3,(H2,15,18)(H,16,17). The molecule has 0 bridgehead atoms. The van der Waals surface area contributed by atoms with Crippen molar-refractivity contribution in [2.45, 2.75) is 32.6 Å². The lowest BCUT2D eigenvalue weighted by molar-refractivity contribution is -0.116. The average molecular weight is 269 g/mol. The largest absolute Gasteiger partial charge is 0.366 e. The third-order valence-corrected chi connectivity index (χ3v) is 2.85. The number of hydrogen-bond acceptors (Lipinski definition) is 2. The minimum absolute atomic E-state index is 0.0683. The van der Waals surface area contributed by atoms with Crippen molar-refractivity contribution >= 4 is 29.1 Å². The molecule has 1 aromatic rings. The summed E-state index contributed by atoms with van der Waals surface area (Å²) >= 11 is 5.82. The molecule has 0 unspecified atom stereocenters. The lowest BCUT2D eigenvalue weighted by Crippen LogP contribution is -2.14. The first-order valence-electron chi connectivity index (χ1n) is 5.93. The number of primary amides is 1. The molecule has 0 aliphatic carbocycles. The van der Waals surface area contributed by atoms with Crippen LogP contribution in [0.1, 0.15) is 43.0 Å². The zero-order chi connectivity index (χ0) is 13.5. The number of benzene rings is 1.